The summed E-state index contributed by atoms with van der Waals surface area (Å²) in [5, 5.41) is 11.9. The summed E-state index contributed by atoms with van der Waals surface area (Å²) in [7, 11) is 0. The second kappa shape index (κ2) is 6.49. The van der Waals surface area contributed by atoms with Crippen molar-refractivity contribution >= 4 is 50.2 Å². The quantitative estimate of drug-likeness (QED) is 0.821. The summed E-state index contributed by atoms with van der Waals surface area (Å²) in [4.78, 5) is 22.6. The van der Waals surface area contributed by atoms with E-state index >= 15 is 0 Å². The molecule has 20 heavy (non-hydrogen) atoms. The van der Waals surface area contributed by atoms with Crippen LogP contribution in [0.5, 0.6) is 0 Å². The van der Waals surface area contributed by atoms with Gasteiger partial charge in [0.25, 0.3) is 0 Å². The third kappa shape index (κ3) is 4.04. The number of nitrogens with one attached hydrogen (secondary N) is 1. The molecule has 0 spiro atoms. The molecule has 1 aromatic carbocycles. The lowest BCUT2D eigenvalue weighted by molar-refractivity contribution is -0.111. The molecule has 0 saturated carbocycles. The molecule has 0 aliphatic heterocycles. The topological polar surface area (TPSA) is 66.4 Å². The van der Waals surface area contributed by atoms with Crippen molar-refractivity contribution in [2.45, 2.75) is 0 Å². The zero-order valence-corrected chi connectivity index (χ0v) is 12.6. The van der Waals surface area contributed by atoms with Crippen LogP contribution in [0.1, 0.15) is 15.2 Å². The number of carboxylic acids is 1. The SMILES string of the molecule is O=C(/C=C/c1ccc(Br)cc1)Nc1ccc(C(=O)O)s1. The summed E-state index contributed by atoms with van der Waals surface area (Å²) in [5.74, 6) is -1.30. The van der Waals surface area contributed by atoms with Gasteiger partial charge in [0.15, 0.2) is 0 Å². The third-order valence-corrected chi connectivity index (χ3v) is 3.88. The van der Waals surface area contributed by atoms with E-state index in [-0.39, 0.29) is 10.8 Å². The number of carbonyl (C=O) groups is 2. The van der Waals surface area contributed by atoms with Crippen molar-refractivity contribution in [3.8, 4) is 0 Å². The Labute approximate surface area is 127 Å². The van der Waals surface area contributed by atoms with Crippen LogP contribution >= 0.6 is 27.3 Å². The molecule has 0 aliphatic carbocycles. The third-order valence-electron chi connectivity index (χ3n) is 2.36. The van der Waals surface area contributed by atoms with Gasteiger partial charge in [-0.15, -0.1) is 11.3 Å². The molecule has 1 amide bonds. The Hall–Kier alpha value is -1.92. The van der Waals surface area contributed by atoms with Crippen molar-refractivity contribution in [3.63, 3.8) is 0 Å². The van der Waals surface area contributed by atoms with Gasteiger partial charge >= 0.3 is 5.97 Å². The van der Waals surface area contributed by atoms with E-state index in [0.717, 1.165) is 21.4 Å². The number of carbonyl (C=O) groups excluding carboxylic acids is 1. The highest BCUT2D eigenvalue weighted by Crippen LogP contribution is 2.21. The molecule has 0 saturated heterocycles. The van der Waals surface area contributed by atoms with Crippen LogP contribution in [-0.2, 0) is 4.79 Å². The second-order valence-electron chi connectivity index (χ2n) is 3.84. The van der Waals surface area contributed by atoms with Crippen LogP contribution in [0.4, 0.5) is 5.00 Å². The minimum absolute atomic E-state index is 0.192. The Bertz CT molecular complexity index is 661. The van der Waals surface area contributed by atoms with Crippen molar-refractivity contribution < 1.29 is 14.7 Å². The Morgan fingerprint density at radius 3 is 2.45 bits per heavy atom. The maximum atomic E-state index is 11.7. The predicted molar refractivity (Wildman–Crippen MR) is 83.1 cm³/mol. The Morgan fingerprint density at radius 1 is 1.15 bits per heavy atom. The maximum absolute atomic E-state index is 11.7. The number of benzene rings is 1. The Kier molecular flexibility index (Phi) is 4.70. The summed E-state index contributed by atoms with van der Waals surface area (Å²) in [6, 6.07) is 10.6. The van der Waals surface area contributed by atoms with E-state index in [1.165, 1.54) is 12.1 Å². The fourth-order valence-corrected chi connectivity index (χ4v) is 2.44. The Morgan fingerprint density at radius 2 is 1.85 bits per heavy atom. The van der Waals surface area contributed by atoms with E-state index in [1.54, 1.807) is 12.1 Å². The summed E-state index contributed by atoms with van der Waals surface area (Å²) in [5.41, 5.74) is 0.903. The van der Waals surface area contributed by atoms with Crippen molar-refractivity contribution in [2.75, 3.05) is 5.32 Å². The van der Waals surface area contributed by atoms with Crippen LogP contribution in [0.15, 0.2) is 46.9 Å². The largest absolute Gasteiger partial charge is 0.477 e. The molecule has 0 radical (unpaired) electrons. The summed E-state index contributed by atoms with van der Waals surface area (Å²) < 4.78 is 0.971. The first kappa shape index (κ1) is 14.5. The number of anilines is 1. The highest BCUT2D eigenvalue weighted by Gasteiger charge is 2.07. The monoisotopic (exact) mass is 351 g/mol. The van der Waals surface area contributed by atoms with Crippen LogP contribution in [0.25, 0.3) is 6.08 Å². The van der Waals surface area contributed by atoms with Gasteiger partial charge in [0.2, 0.25) is 5.91 Å². The molecule has 0 aliphatic rings. The summed E-state index contributed by atoms with van der Waals surface area (Å²) >= 11 is 4.36. The van der Waals surface area contributed by atoms with Crippen molar-refractivity contribution in [2.24, 2.45) is 0 Å². The molecule has 0 atom stereocenters. The lowest BCUT2D eigenvalue weighted by Gasteiger charge is -1.97. The van der Waals surface area contributed by atoms with Crippen molar-refractivity contribution in [1.29, 1.82) is 0 Å². The van der Waals surface area contributed by atoms with Gasteiger partial charge in [-0.25, -0.2) is 4.79 Å². The molecule has 2 N–H and O–H groups in total. The average Bonchev–Trinajstić information content (AvgIpc) is 2.87. The minimum Gasteiger partial charge on any atom is -0.477 e. The molecule has 2 rings (SSSR count). The fourth-order valence-electron chi connectivity index (χ4n) is 1.43. The van der Waals surface area contributed by atoms with Crippen molar-refractivity contribution in [1.82, 2.24) is 0 Å². The van der Waals surface area contributed by atoms with E-state index in [4.69, 9.17) is 5.11 Å². The number of aromatic carboxylic acids is 1. The Balaban J connectivity index is 1.97. The van der Waals surface area contributed by atoms with Gasteiger partial charge < -0.3 is 10.4 Å². The first-order valence-corrected chi connectivity index (χ1v) is 7.23. The normalized spacial score (nSPS) is 10.7. The van der Waals surface area contributed by atoms with Crippen LogP contribution < -0.4 is 5.32 Å². The standard InChI is InChI=1S/C14H10BrNO3S/c15-10-4-1-9(2-5-10)3-7-12(17)16-13-8-6-11(20-13)14(18)19/h1-8H,(H,16,17)(H,18,19)/b7-3+. The van der Waals surface area contributed by atoms with Gasteiger partial charge in [0.1, 0.15) is 4.88 Å². The van der Waals surface area contributed by atoms with Crippen LogP contribution in [0.2, 0.25) is 0 Å². The fraction of sp³-hybridized carbons (Fsp3) is 0. The molecule has 4 nitrogen and oxygen atoms in total. The summed E-state index contributed by atoms with van der Waals surface area (Å²) in [6.45, 7) is 0. The van der Waals surface area contributed by atoms with Gasteiger partial charge in [0.05, 0.1) is 5.00 Å². The van der Waals surface area contributed by atoms with Gasteiger partial charge in [0, 0.05) is 10.5 Å². The molecule has 0 unspecified atom stereocenters. The van der Waals surface area contributed by atoms with E-state index in [1.807, 2.05) is 24.3 Å². The van der Waals surface area contributed by atoms with E-state index < -0.39 is 5.97 Å². The molecule has 0 fully saturated rings. The molecule has 0 bridgehead atoms. The van der Waals surface area contributed by atoms with Gasteiger partial charge in [-0.2, -0.15) is 0 Å². The summed E-state index contributed by atoms with van der Waals surface area (Å²) in [6.07, 6.45) is 3.09. The molecule has 1 aromatic heterocycles. The van der Waals surface area contributed by atoms with Gasteiger partial charge in [-0.1, -0.05) is 28.1 Å². The second-order valence-corrected chi connectivity index (χ2v) is 5.84. The number of amides is 1. The van der Waals surface area contributed by atoms with Crippen LogP contribution in [0.3, 0.4) is 0 Å². The molecular weight excluding hydrogens is 342 g/mol. The number of hydrogen-bond donors (Lipinski definition) is 2. The first-order chi connectivity index (χ1) is 9.54. The molecule has 1 heterocycles. The lowest BCUT2D eigenvalue weighted by Crippen LogP contribution is -2.06. The number of halogens is 1. The molecule has 6 heteroatoms. The van der Waals surface area contributed by atoms with Crippen LogP contribution in [0, 0.1) is 0 Å². The molecule has 102 valence electrons. The highest BCUT2D eigenvalue weighted by atomic mass is 79.9. The average molecular weight is 352 g/mol. The predicted octanol–water partition coefficient (Wildman–Crippen LogP) is 3.86. The van der Waals surface area contributed by atoms with Gasteiger partial charge in [-0.3, -0.25) is 4.79 Å². The zero-order chi connectivity index (χ0) is 14.5. The number of rotatable bonds is 4. The van der Waals surface area contributed by atoms with E-state index in [0.29, 0.717) is 5.00 Å². The minimum atomic E-state index is -0.999. The van der Waals surface area contributed by atoms with E-state index in [2.05, 4.69) is 21.2 Å². The molecular formula is C14H10BrNO3S. The van der Waals surface area contributed by atoms with E-state index in [9.17, 15) is 9.59 Å². The highest BCUT2D eigenvalue weighted by molar-refractivity contribution is 9.10. The molecule has 2 aromatic rings. The first-order valence-electron chi connectivity index (χ1n) is 5.62. The lowest BCUT2D eigenvalue weighted by atomic mass is 10.2. The number of hydrogen-bond acceptors (Lipinski definition) is 3. The van der Waals surface area contributed by atoms with Crippen molar-refractivity contribution in [3.05, 3.63) is 57.4 Å². The maximum Gasteiger partial charge on any atom is 0.345 e. The van der Waals surface area contributed by atoms with Crippen LogP contribution in [-0.4, -0.2) is 17.0 Å². The smallest absolute Gasteiger partial charge is 0.345 e. The number of carboxylic acid groups (broad SMARTS) is 1. The zero-order valence-electron chi connectivity index (χ0n) is 10.2. The van der Waals surface area contributed by atoms with Gasteiger partial charge in [-0.05, 0) is 35.9 Å². The number of thiophene rings is 1.